The Kier molecular flexibility index (Phi) is 8.91. The van der Waals surface area contributed by atoms with E-state index < -0.39 is 10.0 Å². The Balaban J connectivity index is 0.00000529. The van der Waals surface area contributed by atoms with Crippen LogP contribution in [0.1, 0.15) is 32.8 Å². The van der Waals surface area contributed by atoms with Crippen LogP contribution in [0.15, 0.2) is 23.1 Å². The number of aryl methyl sites for hydroxylation is 1. The zero-order valence-electron chi connectivity index (χ0n) is 14.9. The first-order valence-electron chi connectivity index (χ1n) is 7.66. The molecular formula is C16H28ClN3O3S. The maximum absolute atomic E-state index is 12.6. The number of nitrogens with two attached hydrogens (primary N) is 1. The molecule has 6 nitrogen and oxygen atoms in total. The molecule has 24 heavy (non-hydrogen) atoms. The molecule has 8 heteroatoms. The van der Waals surface area contributed by atoms with Gasteiger partial charge in [-0.05, 0) is 37.0 Å². The van der Waals surface area contributed by atoms with Crippen molar-refractivity contribution in [3.05, 3.63) is 23.8 Å². The number of nitrogens with zero attached hydrogens (tertiary/aromatic N) is 1. The van der Waals surface area contributed by atoms with E-state index in [1.54, 1.807) is 19.2 Å². The SMILES string of the molecule is CC(=O)Nc1cc(S(=O)(=O)N(C)CCC(N)C(C)C)ccc1C.Cl. The molecule has 0 bridgehead atoms. The molecular weight excluding hydrogens is 350 g/mol. The van der Waals surface area contributed by atoms with Crippen LogP contribution in [0.25, 0.3) is 0 Å². The lowest BCUT2D eigenvalue weighted by Gasteiger charge is -2.21. The van der Waals surface area contributed by atoms with Crippen molar-refractivity contribution in [1.82, 2.24) is 4.31 Å². The van der Waals surface area contributed by atoms with E-state index in [9.17, 15) is 13.2 Å². The van der Waals surface area contributed by atoms with Gasteiger partial charge in [-0.1, -0.05) is 19.9 Å². The third-order valence-electron chi connectivity index (χ3n) is 3.86. The standard InChI is InChI=1S/C16H27N3O3S.ClH/c1-11(2)15(17)8-9-19(5)23(21,22)14-7-6-12(3)16(10-14)18-13(4)20;/h6-7,10-11,15H,8-9,17H2,1-5H3,(H,18,20);1H. The minimum Gasteiger partial charge on any atom is -0.327 e. The summed E-state index contributed by atoms with van der Waals surface area (Å²) in [6.07, 6.45) is 0.595. The Hall–Kier alpha value is -1.15. The molecule has 0 aliphatic carbocycles. The maximum Gasteiger partial charge on any atom is 0.242 e. The van der Waals surface area contributed by atoms with E-state index in [2.05, 4.69) is 5.32 Å². The number of carbonyl (C=O) groups excluding carboxylic acids is 1. The molecule has 1 rings (SSSR count). The monoisotopic (exact) mass is 377 g/mol. The van der Waals surface area contributed by atoms with Gasteiger partial charge in [-0.25, -0.2) is 12.7 Å². The summed E-state index contributed by atoms with van der Waals surface area (Å²) in [4.78, 5) is 11.4. The molecule has 0 aromatic heterocycles. The molecule has 1 atom stereocenters. The van der Waals surface area contributed by atoms with E-state index >= 15 is 0 Å². The molecule has 1 amide bonds. The quantitative estimate of drug-likeness (QED) is 0.762. The molecule has 0 saturated heterocycles. The van der Waals surface area contributed by atoms with E-state index in [0.29, 0.717) is 24.6 Å². The van der Waals surface area contributed by atoms with Crippen molar-refractivity contribution in [2.75, 3.05) is 18.9 Å². The van der Waals surface area contributed by atoms with Crippen LogP contribution in [0.2, 0.25) is 0 Å². The Morgan fingerprint density at radius 1 is 1.33 bits per heavy atom. The van der Waals surface area contributed by atoms with E-state index in [1.807, 2.05) is 20.8 Å². The number of carbonyl (C=O) groups is 1. The van der Waals surface area contributed by atoms with Gasteiger partial charge in [0.15, 0.2) is 0 Å². The smallest absolute Gasteiger partial charge is 0.242 e. The number of halogens is 1. The molecule has 0 aliphatic rings. The number of benzene rings is 1. The van der Waals surface area contributed by atoms with E-state index in [4.69, 9.17) is 5.73 Å². The van der Waals surface area contributed by atoms with Gasteiger partial charge in [-0.2, -0.15) is 0 Å². The number of sulfonamides is 1. The third kappa shape index (κ3) is 6.05. The van der Waals surface area contributed by atoms with E-state index in [-0.39, 0.29) is 29.3 Å². The number of nitrogens with one attached hydrogen (secondary N) is 1. The van der Waals surface area contributed by atoms with Crippen LogP contribution in [-0.4, -0.2) is 38.3 Å². The van der Waals surface area contributed by atoms with Crippen molar-refractivity contribution >= 4 is 34.0 Å². The van der Waals surface area contributed by atoms with Crippen molar-refractivity contribution in [3.63, 3.8) is 0 Å². The Bertz CT molecular complexity index is 663. The Labute approximate surface area is 151 Å². The van der Waals surface area contributed by atoms with Crippen LogP contribution in [0.3, 0.4) is 0 Å². The summed E-state index contributed by atoms with van der Waals surface area (Å²) in [5.74, 6) is 0.0655. The van der Waals surface area contributed by atoms with Gasteiger partial charge in [0.05, 0.1) is 4.90 Å². The number of hydrogen-bond donors (Lipinski definition) is 2. The van der Waals surface area contributed by atoms with Crippen molar-refractivity contribution in [3.8, 4) is 0 Å². The Morgan fingerprint density at radius 2 is 1.92 bits per heavy atom. The van der Waals surface area contributed by atoms with Crippen molar-refractivity contribution in [1.29, 1.82) is 0 Å². The summed E-state index contributed by atoms with van der Waals surface area (Å²) in [6.45, 7) is 7.58. The van der Waals surface area contributed by atoms with E-state index in [0.717, 1.165) is 5.56 Å². The second kappa shape index (κ2) is 9.36. The van der Waals surface area contributed by atoms with Crippen LogP contribution in [0, 0.1) is 12.8 Å². The lowest BCUT2D eigenvalue weighted by atomic mass is 10.0. The molecule has 0 radical (unpaired) electrons. The fraction of sp³-hybridized carbons (Fsp3) is 0.562. The van der Waals surface area contributed by atoms with Gasteiger partial charge in [-0.3, -0.25) is 4.79 Å². The molecule has 1 aromatic carbocycles. The van der Waals surface area contributed by atoms with E-state index in [1.165, 1.54) is 17.3 Å². The molecule has 3 N–H and O–H groups in total. The summed E-state index contributed by atoms with van der Waals surface area (Å²) in [6, 6.07) is 4.69. The van der Waals surface area contributed by atoms with Crippen molar-refractivity contribution < 1.29 is 13.2 Å². The van der Waals surface area contributed by atoms with Gasteiger partial charge in [0.2, 0.25) is 15.9 Å². The predicted octanol–water partition coefficient (Wildman–Crippen LogP) is 2.37. The van der Waals surface area contributed by atoms with Gasteiger partial charge in [0.1, 0.15) is 0 Å². The van der Waals surface area contributed by atoms with Gasteiger partial charge >= 0.3 is 0 Å². The number of anilines is 1. The van der Waals surface area contributed by atoms with Crippen molar-refractivity contribution in [2.24, 2.45) is 11.7 Å². The summed E-state index contributed by atoms with van der Waals surface area (Å²) >= 11 is 0. The highest BCUT2D eigenvalue weighted by atomic mass is 35.5. The first kappa shape index (κ1) is 22.9. The largest absolute Gasteiger partial charge is 0.327 e. The topological polar surface area (TPSA) is 92.5 Å². The average molecular weight is 378 g/mol. The van der Waals surface area contributed by atoms with Crippen LogP contribution >= 0.6 is 12.4 Å². The first-order valence-corrected chi connectivity index (χ1v) is 9.10. The molecule has 1 aromatic rings. The molecule has 0 spiro atoms. The predicted molar refractivity (Wildman–Crippen MR) is 100.0 cm³/mol. The third-order valence-corrected chi connectivity index (χ3v) is 5.71. The summed E-state index contributed by atoms with van der Waals surface area (Å²) in [5.41, 5.74) is 7.29. The number of rotatable bonds is 7. The lowest BCUT2D eigenvalue weighted by Crippen LogP contribution is -2.34. The Morgan fingerprint density at radius 3 is 2.42 bits per heavy atom. The summed E-state index contributed by atoms with van der Waals surface area (Å²) in [5, 5.41) is 2.65. The molecule has 0 saturated carbocycles. The maximum atomic E-state index is 12.6. The van der Waals surface area contributed by atoms with Gasteiger partial charge in [-0.15, -0.1) is 12.4 Å². The average Bonchev–Trinajstić information content (AvgIpc) is 2.45. The molecule has 0 fully saturated rings. The lowest BCUT2D eigenvalue weighted by molar-refractivity contribution is -0.114. The highest BCUT2D eigenvalue weighted by molar-refractivity contribution is 7.89. The minimum atomic E-state index is -3.61. The zero-order valence-corrected chi connectivity index (χ0v) is 16.5. The van der Waals surface area contributed by atoms with Crippen LogP contribution in [0.4, 0.5) is 5.69 Å². The van der Waals surface area contributed by atoms with Crippen molar-refractivity contribution in [2.45, 2.75) is 45.1 Å². The first-order chi connectivity index (χ1) is 10.6. The molecule has 138 valence electrons. The van der Waals surface area contributed by atoms with Gasteiger partial charge < -0.3 is 11.1 Å². The molecule has 1 unspecified atom stereocenters. The number of hydrogen-bond acceptors (Lipinski definition) is 4. The second-order valence-electron chi connectivity index (χ2n) is 6.18. The minimum absolute atomic E-state index is 0. The van der Waals surface area contributed by atoms with Crippen LogP contribution in [0.5, 0.6) is 0 Å². The summed E-state index contributed by atoms with van der Waals surface area (Å²) in [7, 11) is -2.07. The number of amides is 1. The summed E-state index contributed by atoms with van der Waals surface area (Å²) < 4.78 is 26.6. The highest BCUT2D eigenvalue weighted by Gasteiger charge is 2.22. The normalized spacial score (nSPS) is 12.8. The van der Waals surface area contributed by atoms with Crippen LogP contribution in [-0.2, 0) is 14.8 Å². The fourth-order valence-electron chi connectivity index (χ4n) is 2.05. The zero-order chi connectivity index (χ0) is 17.8. The molecule has 0 heterocycles. The fourth-order valence-corrected chi connectivity index (χ4v) is 3.26. The highest BCUT2D eigenvalue weighted by Crippen LogP contribution is 2.22. The molecule has 0 aliphatic heterocycles. The van der Waals surface area contributed by atoms with Crippen LogP contribution < -0.4 is 11.1 Å². The van der Waals surface area contributed by atoms with Gasteiger partial charge in [0.25, 0.3) is 0 Å². The second-order valence-corrected chi connectivity index (χ2v) is 8.23. The van der Waals surface area contributed by atoms with Gasteiger partial charge in [0, 0.05) is 32.2 Å².